The van der Waals surface area contributed by atoms with Gasteiger partial charge in [0.25, 0.3) is 0 Å². The molecule has 30 heavy (non-hydrogen) atoms. The van der Waals surface area contributed by atoms with Crippen molar-refractivity contribution < 1.29 is 39.4 Å². The molecule has 0 aliphatic heterocycles. The van der Waals surface area contributed by atoms with Gasteiger partial charge in [0.1, 0.15) is 0 Å². The van der Waals surface area contributed by atoms with Crippen molar-refractivity contribution in [1.82, 2.24) is 9.97 Å². The van der Waals surface area contributed by atoms with E-state index in [0.717, 1.165) is 21.2 Å². The quantitative estimate of drug-likeness (QED) is 0.243. The SMILES string of the molecule is O=[N+]([O-])c1cccc2oc(N[C](=[Ni])c3ccccc3[C](=[Ni])Cc3ccncc3)nc12. The number of para-hydroxylation sites is 1. The molecule has 0 unspecified atom stereocenters. The van der Waals surface area contributed by atoms with Gasteiger partial charge in [-0.05, 0) is 0 Å². The summed E-state index contributed by atoms with van der Waals surface area (Å²) in [6.45, 7) is 0. The van der Waals surface area contributed by atoms with Crippen molar-refractivity contribution in [3.63, 3.8) is 0 Å². The van der Waals surface area contributed by atoms with Gasteiger partial charge in [0.15, 0.2) is 0 Å². The Hall–Kier alpha value is -3.01. The van der Waals surface area contributed by atoms with Crippen LogP contribution in [0.5, 0.6) is 0 Å². The summed E-state index contributed by atoms with van der Waals surface area (Å²) in [5, 5.41) is 14.2. The maximum atomic E-state index is 11.2. The van der Waals surface area contributed by atoms with E-state index in [1.807, 2.05) is 36.4 Å². The number of nitrogens with one attached hydrogen (secondary N) is 1. The van der Waals surface area contributed by atoms with Gasteiger partial charge in [0.2, 0.25) is 0 Å². The molecule has 9 heteroatoms. The molecule has 0 radical (unpaired) electrons. The molecule has 7 nitrogen and oxygen atoms in total. The van der Waals surface area contributed by atoms with Crippen molar-refractivity contribution in [2.24, 2.45) is 0 Å². The van der Waals surface area contributed by atoms with Crippen LogP contribution in [0.2, 0.25) is 0 Å². The Morgan fingerprint density at radius 1 is 1.03 bits per heavy atom. The third-order valence-electron chi connectivity index (χ3n) is 4.32. The average molecular weight is 488 g/mol. The molecule has 0 saturated carbocycles. The van der Waals surface area contributed by atoms with Crippen LogP contribution in [-0.2, 0) is 36.5 Å². The number of hydrogen-bond acceptors (Lipinski definition) is 6. The standard InChI is InChI=1S/C21H14N4O3.2Ni/c26-25(27)18-6-3-7-19-20(18)24-21(28-19)23-14-17-5-2-1-4-16(17)9-8-15-10-12-22-13-11-15;;/h1-7,10-13H,8H2,(H,23,24);;. The van der Waals surface area contributed by atoms with Gasteiger partial charge in [-0.3, -0.25) is 0 Å². The van der Waals surface area contributed by atoms with Crippen LogP contribution < -0.4 is 5.32 Å². The summed E-state index contributed by atoms with van der Waals surface area (Å²) in [5.41, 5.74) is 3.02. The Kier molecular flexibility index (Phi) is 5.93. The minimum atomic E-state index is -0.496. The second kappa shape index (κ2) is 8.78. The van der Waals surface area contributed by atoms with Crippen LogP contribution in [0.3, 0.4) is 0 Å². The molecular weight excluding hydrogens is 474 g/mol. The Morgan fingerprint density at radius 2 is 1.77 bits per heavy atom. The molecule has 0 bridgehead atoms. The van der Waals surface area contributed by atoms with Crippen molar-refractivity contribution in [3.8, 4) is 0 Å². The van der Waals surface area contributed by atoms with Crippen molar-refractivity contribution in [2.45, 2.75) is 6.42 Å². The molecule has 0 aliphatic rings. The number of nitrogens with zero attached hydrogens (tertiary/aromatic N) is 3. The number of oxazole rings is 1. The number of hydrogen-bond donors (Lipinski definition) is 1. The van der Waals surface area contributed by atoms with Gasteiger partial charge < -0.3 is 0 Å². The Morgan fingerprint density at radius 3 is 2.50 bits per heavy atom. The van der Waals surface area contributed by atoms with Crippen molar-refractivity contribution in [3.05, 3.63) is 93.8 Å². The second-order valence-corrected chi connectivity index (χ2v) is 7.34. The van der Waals surface area contributed by atoms with E-state index in [9.17, 15) is 10.1 Å². The van der Waals surface area contributed by atoms with Gasteiger partial charge in [0, 0.05) is 0 Å². The van der Waals surface area contributed by atoms with Gasteiger partial charge >= 0.3 is 187 Å². The van der Waals surface area contributed by atoms with Gasteiger partial charge in [-0.1, -0.05) is 0 Å². The first-order valence-electron chi connectivity index (χ1n) is 8.80. The zero-order chi connectivity index (χ0) is 21.1. The summed E-state index contributed by atoms with van der Waals surface area (Å²) in [6.07, 6.45) is 4.06. The van der Waals surface area contributed by atoms with Crippen LogP contribution in [0.4, 0.5) is 11.7 Å². The number of nitro groups is 1. The second-order valence-electron chi connectivity index (χ2n) is 6.25. The molecule has 4 aromatic rings. The zero-order valence-corrected chi connectivity index (χ0v) is 17.2. The molecule has 2 aromatic carbocycles. The summed E-state index contributed by atoms with van der Waals surface area (Å²) in [6, 6.07) is 16.1. The average Bonchev–Trinajstić information content (AvgIpc) is 3.16. The fraction of sp³-hybridized carbons (Fsp3) is 0.0476. The number of aromatic nitrogens is 2. The monoisotopic (exact) mass is 486 g/mol. The molecule has 2 heterocycles. The molecule has 0 spiro atoms. The maximum absolute atomic E-state index is 11.2. The normalized spacial score (nSPS) is 10.8. The molecule has 0 aliphatic carbocycles. The van der Waals surface area contributed by atoms with E-state index in [4.69, 9.17) is 34.5 Å². The molecule has 0 atom stereocenters. The van der Waals surface area contributed by atoms with Crippen LogP contribution in [0.15, 0.2) is 71.4 Å². The third kappa shape index (κ3) is 4.28. The fourth-order valence-corrected chi connectivity index (χ4v) is 3.67. The summed E-state index contributed by atoms with van der Waals surface area (Å²) in [7, 11) is 0. The van der Waals surface area contributed by atoms with Crippen LogP contribution in [-0.4, -0.2) is 24.0 Å². The number of non-ortho nitro benzene ring substituents is 1. The third-order valence-corrected chi connectivity index (χ3v) is 5.15. The Bertz CT molecular complexity index is 1270. The van der Waals surface area contributed by atoms with Gasteiger partial charge in [-0.25, -0.2) is 0 Å². The molecule has 0 fully saturated rings. The van der Waals surface area contributed by atoms with E-state index >= 15 is 0 Å². The van der Waals surface area contributed by atoms with Crippen LogP contribution in [0.1, 0.15) is 16.7 Å². The van der Waals surface area contributed by atoms with E-state index in [0.29, 0.717) is 16.6 Å². The van der Waals surface area contributed by atoms with E-state index in [1.54, 1.807) is 24.5 Å². The van der Waals surface area contributed by atoms with Crippen LogP contribution in [0.25, 0.3) is 11.1 Å². The number of anilines is 1. The number of benzene rings is 2. The first-order valence-corrected chi connectivity index (χ1v) is 9.79. The van der Waals surface area contributed by atoms with E-state index in [-0.39, 0.29) is 17.2 Å². The van der Waals surface area contributed by atoms with E-state index in [2.05, 4.69) is 15.3 Å². The first-order chi connectivity index (χ1) is 14.5. The fourth-order valence-electron chi connectivity index (χ4n) is 2.94. The van der Waals surface area contributed by atoms with E-state index < -0.39 is 4.92 Å². The first kappa shape index (κ1) is 20.3. The molecule has 0 saturated heterocycles. The summed E-state index contributed by atoms with van der Waals surface area (Å²) < 4.78 is 6.79. The van der Waals surface area contributed by atoms with Crippen molar-refractivity contribution in [1.29, 1.82) is 0 Å². The van der Waals surface area contributed by atoms with Crippen molar-refractivity contribution >= 4 is 31.9 Å². The van der Waals surface area contributed by atoms with Gasteiger partial charge in [-0.15, -0.1) is 0 Å². The molecule has 1 N–H and O–H groups in total. The predicted octanol–water partition coefficient (Wildman–Crippen LogP) is 3.58. The number of rotatable bonds is 7. The van der Waals surface area contributed by atoms with Crippen molar-refractivity contribution in [2.75, 3.05) is 5.32 Å². The number of fused-ring (bicyclic) bond motifs is 1. The van der Waals surface area contributed by atoms with E-state index in [1.165, 1.54) is 6.07 Å². The van der Waals surface area contributed by atoms with Gasteiger partial charge in [-0.2, -0.15) is 0 Å². The molecular formula is C21H14N4Ni2O3. The van der Waals surface area contributed by atoms with Crippen LogP contribution in [0, 0.1) is 10.1 Å². The molecule has 2 aromatic heterocycles. The number of nitro benzene ring substituents is 1. The zero-order valence-electron chi connectivity index (χ0n) is 15.3. The van der Waals surface area contributed by atoms with Gasteiger partial charge in [0.05, 0.1) is 0 Å². The summed E-state index contributed by atoms with van der Waals surface area (Å²) in [5.74, 6) is 0. The Balaban J connectivity index is 1.60. The predicted molar refractivity (Wildman–Crippen MR) is 107 cm³/mol. The topological polar surface area (TPSA) is 94.1 Å². The molecule has 156 valence electrons. The summed E-state index contributed by atoms with van der Waals surface area (Å²) in [4.78, 5) is 18.9. The number of pyridine rings is 1. The molecule has 4 rings (SSSR count). The van der Waals surface area contributed by atoms with Crippen LogP contribution >= 0.6 is 0 Å². The Labute approximate surface area is 186 Å². The minimum absolute atomic E-state index is 0.0964. The summed E-state index contributed by atoms with van der Waals surface area (Å²) >= 11 is 10.5. The molecule has 0 amide bonds.